The summed E-state index contributed by atoms with van der Waals surface area (Å²) >= 11 is 0. The highest BCUT2D eigenvalue weighted by Crippen LogP contribution is 2.15. The Hall–Kier alpha value is -2.47. The van der Waals surface area contributed by atoms with E-state index < -0.39 is 18.7 Å². The van der Waals surface area contributed by atoms with Gasteiger partial charge in [-0.1, -0.05) is 134 Å². The Morgan fingerprint density at radius 1 is 0.682 bits per heavy atom. The van der Waals surface area contributed by atoms with Crippen LogP contribution in [0.2, 0.25) is 0 Å². The number of aliphatic hydroxyl groups excluding tert-OH is 1. The van der Waals surface area contributed by atoms with Crippen molar-refractivity contribution in [2.45, 2.75) is 155 Å². The van der Waals surface area contributed by atoms with Crippen molar-refractivity contribution in [3.05, 3.63) is 48.6 Å². The molecular formula is C38H64O6. The van der Waals surface area contributed by atoms with Gasteiger partial charge in [0.1, 0.15) is 6.61 Å². The minimum absolute atomic E-state index is 0.0505. The zero-order chi connectivity index (χ0) is 32.5. The normalized spacial score (nSPS) is 13.4. The molecule has 0 aliphatic rings. The standard InChI is InChI=1S/C38H64O6/c1-4-6-7-8-9-10-11-12-13-14-18-21-24-28-35(40)29-26-31-37(41)43-33-36(32-39)44-38(42)30-25-22-19-16-15-17-20-23-27-34(3)5-2/h9-10,12-13,18,21,24,28,34,36,39H,4-8,11,14-17,19-20,22-23,25-27,29-33H2,1-3H3/b10-9-,13-12-,21-18-,28-24+/t34?,36-/m0/s1. The molecule has 0 heterocycles. The van der Waals surface area contributed by atoms with Crippen molar-refractivity contribution in [2.75, 3.05) is 13.2 Å². The topological polar surface area (TPSA) is 89.9 Å². The van der Waals surface area contributed by atoms with Crippen LogP contribution in [0, 0.1) is 5.92 Å². The molecule has 6 nitrogen and oxygen atoms in total. The predicted molar refractivity (Wildman–Crippen MR) is 182 cm³/mol. The van der Waals surface area contributed by atoms with Crippen LogP contribution in [0.4, 0.5) is 0 Å². The second-order valence-corrected chi connectivity index (χ2v) is 11.9. The number of ketones is 1. The molecule has 0 spiro atoms. The lowest BCUT2D eigenvalue weighted by atomic mass is 9.99. The first-order valence-corrected chi connectivity index (χ1v) is 17.5. The van der Waals surface area contributed by atoms with Crippen LogP contribution < -0.4 is 0 Å². The van der Waals surface area contributed by atoms with Crippen LogP contribution in [0.25, 0.3) is 0 Å². The van der Waals surface area contributed by atoms with Gasteiger partial charge in [0.25, 0.3) is 0 Å². The van der Waals surface area contributed by atoms with E-state index in [0.717, 1.165) is 44.4 Å². The first-order chi connectivity index (χ1) is 21.4. The molecule has 0 radical (unpaired) electrons. The van der Waals surface area contributed by atoms with Crippen LogP contribution in [-0.2, 0) is 23.9 Å². The highest BCUT2D eigenvalue weighted by atomic mass is 16.6. The van der Waals surface area contributed by atoms with Crippen molar-refractivity contribution in [1.29, 1.82) is 0 Å². The molecule has 0 aromatic carbocycles. The number of allylic oxidation sites excluding steroid dienone is 8. The fourth-order valence-electron chi connectivity index (χ4n) is 4.54. The Morgan fingerprint density at radius 3 is 2.00 bits per heavy atom. The van der Waals surface area contributed by atoms with Crippen molar-refractivity contribution >= 4 is 17.7 Å². The molecule has 6 heteroatoms. The SMILES string of the molecule is CCCCC/C=C\C/C=C\C/C=C\C=C\C(=O)CCCC(=O)OC[C@H](CO)OC(=O)CCCCCCCCCCC(C)CC. The van der Waals surface area contributed by atoms with E-state index in [-0.39, 0.29) is 31.2 Å². The van der Waals surface area contributed by atoms with Gasteiger partial charge in [-0.3, -0.25) is 14.4 Å². The van der Waals surface area contributed by atoms with Gasteiger partial charge in [-0.15, -0.1) is 0 Å². The number of aliphatic hydroxyl groups is 1. The van der Waals surface area contributed by atoms with Crippen molar-refractivity contribution in [2.24, 2.45) is 5.92 Å². The summed E-state index contributed by atoms with van der Waals surface area (Å²) in [6.45, 7) is 6.20. The van der Waals surface area contributed by atoms with Crippen molar-refractivity contribution in [3.8, 4) is 0 Å². The molecule has 0 rings (SSSR count). The monoisotopic (exact) mass is 616 g/mol. The minimum Gasteiger partial charge on any atom is -0.462 e. The quantitative estimate of drug-likeness (QED) is 0.0284. The fourth-order valence-corrected chi connectivity index (χ4v) is 4.54. The molecule has 0 amide bonds. The fraction of sp³-hybridized carbons (Fsp3) is 0.711. The van der Waals surface area contributed by atoms with Gasteiger partial charge in [-0.25, -0.2) is 0 Å². The maximum Gasteiger partial charge on any atom is 0.306 e. The molecule has 0 aromatic rings. The van der Waals surface area contributed by atoms with Gasteiger partial charge in [0, 0.05) is 19.3 Å². The average Bonchev–Trinajstić information content (AvgIpc) is 3.02. The Labute approximate surface area is 269 Å². The van der Waals surface area contributed by atoms with Gasteiger partial charge >= 0.3 is 11.9 Å². The van der Waals surface area contributed by atoms with Crippen molar-refractivity contribution < 1.29 is 29.0 Å². The number of ether oxygens (including phenoxy) is 2. The molecule has 0 aromatic heterocycles. The largest absolute Gasteiger partial charge is 0.462 e. The molecule has 1 unspecified atom stereocenters. The molecule has 0 aliphatic heterocycles. The first-order valence-electron chi connectivity index (χ1n) is 17.5. The number of carbonyl (C=O) groups is 3. The van der Waals surface area contributed by atoms with Crippen LogP contribution in [0.3, 0.4) is 0 Å². The summed E-state index contributed by atoms with van der Waals surface area (Å²) in [4.78, 5) is 36.1. The van der Waals surface area contributed by atoms with Crippen LogP contribution in [0.15, 0.2) is 48.6 Å². The summed E-state index contributed by atoms with van der Waals surface area (Å²) in [7, 11) is 0. The molecule has 44 heavy (non-hydrogen) atoms. The van der Waals surface area contributed by atoms with Gasteiger partial charge in [0.15, 0.2) is 11.9 Å². The summed E-state index contributed by atoms with van der Waals surface area (Å²) in [5.74, 6) is -0.0620. The molecule has 1 N–H and O–H groups in total. The van der Waals surface area contributed by atoms with E-state index in [1.807, 2.05) is 12.2 Å². The molecule has 0 saturated heterocycles. The van der Waals surface area contributed by atoms with Crippen LogP contribution in [0.5, 0.6) is 0 Å². The van der Waals surface area contributed by atoms with Crippen molar-refractivity contribution in [3.63, 3.8) is 0 Å². The van der Waals surface area contributed by atoms with Crippen LogP contribution in [-0.4, -0.2) is 42.1 Å². The number of hydrogen-bond donors (Lipinski definition) is 1. The second-order valence-electron chi connectivity index (χ2n) is 11.9. The Bertz CT molecular complexity index is 825. The summed E-state index contributed by atoms with van der Waals surface area (Å²) in [5, 5.41) is 9.50. The number of esters is 2. The molecule has 0 saturated carbocycles. The van der Waals surface area contributed by atoms with Crippen LogP contribution in [0.1, 0.15) is 149 Å². The second kappa shape index (κ2) is 31.9. The first kappa shape index (κ1) is 41.5. The Balaban J connectivity index is 3.84. The Kier molecular flexibility index (Phi) is 30.1. The van der Waals surface area contributed by atoms with E-state index in [1.165, 1.54) is 70.3 Å². The maximum atomic E-state index is 12.1. The summed E-state index contributed by atoms with van der Waals surface area (Å²) in [6, 6.07) is 0. The Morgan fingerprint density at radius 2 is 1.32 bits per heavy atom. The number of hydrogen-bond acceptors (Lipinski definition) is 6. The molecular weight excluding hydrogens is 552 g/mol. The van der Waals surface area contributed by atoms with E-state index in [1.54, 1.807) is 6.08 Å². The van der Waals surface area contributed by atoms with E-state index in [4.69, 9.17) is 9.47 Å². The molecule has 2 atom stereocenters. The van der Waals surface area contributed by atoms with Gasteiger partial charge in [0.05, 0.1) is 6.61 Å². The molecule has 252 valence electrons. The molecule has 0 aliphatic carbocycles. The van der Waals surface area contributed by atoms with Crippen molar-refractivity contribution in [1.82, 2.24) is 0 Å². The summed E-state index contributed by atoms with van der Waals surface area (Å²) < 4.78 is 10.4. The number of rotatable bonds is 30. The third-order valence-electron chi connectivity index (χ3n) is 7.64. The lowest BCUT2D eigenvalue weighted by Crippen LogP contribution is -2.28. The zero-order valence-electron chi connectivity index (χ0n) is 28.3. The van der Waals surface area contributed by atoms with Gasteiger partial charge in [0.2, 0.25) is 0 Å². The number of carbonyl (C=O) groups excluding carboxylic acids is 3. The lowest BCUT2D eigenvalue weighted by molar-refractivity contribution is -0.161. The van der Waals surface area contributed by atoms with E-state index >= 15 is 0 Å². The summed E-state index contributed by atoms with van der Waals surface area (Å²) in [5.41, 5.74) is 0. The zero-order valence-corrected chi connectivity index (χ0v) is 28.3. The van der Waals surface area contributed by atoms with E-state index in [0.29, 0.717) is 12.8 Å². The van der Waals surface area contributed by atoms with Crippen LogP contribution >= 0.6 is 0 Å². The maximum absolute atomic E-state index is 12.1. The number of unbranched alkanes of at least 4 members (excludes halogenated alkanes) is 10. The summed E-state index contributed by atoms with van der Waals surface area (Å²) in [6.07, 6.45) is 34.5. The highest BCUT2D eigenvalue weighted by Gasteiger charge is 2.16. The van der Waals surface area contributed by atoms with Gasteiger partial charge in [-0.2, -0.15) is 0 Å². The third-order valence-corrected chi connectivity index (χ3v) is 7.64. The van der Waals surface area contributed by atoms with Gasteiger partial charge < -0.3 is 14.6 Å². The third kappa shape index (κ3) is 29.6. The predicted octanol–water partition coefficient (Wildman–Crippen LogP) is 9.71. The molecule has 0 fully saturated rings. The molecule has 0 bridgehead atoms. The minimum atomic E-state index is -0.861. The van der Waals surface area contributed by atoms with E-state index in [9.17, 15) is 19.5 Å². The smallest absolute Gasteiger partial charge is 0.306 e. The van der Waals surface area contributed by atoms with Gasteiger partial charge in [-0.05, 0) is 50.5 Å². The lowest BCUT2D eigenvalue weighted by Gasteiger charge is -2.15. The average molecular weight is 617 g/mol. The van der Waals surface area contributed by atoms with E-state index in [2.05, 4.69) is 45.1 Å². The highest BCUT2D eigenvalue weighted by molar-refractivity contribution is 5.90.